The lowest BCUT2D eigenvalue weighted by atomic mass is 10.1. The van der Waals surface area contributed by atoms with Crippen molar-refractivity contribution in [3.8, 4) is 0 Å². The van der Waals surface area contributed by atoms with Crippen molar-refractivity contribution >= 4 is 28.9 Å². The number of benzene rings is 1. The molecule has 0 aliphatic carbocycles. The standard InChI is InChI=1S/C12H17ClN4O/c1-16-2-4-17(5-3-16)11-9(13)6-8(12(15)18)7-10(11)14/h6-7H,2-5,14H2,1H3,(H2,15,18). The number of anilines is 2. The third-order valence-electron chi connectivity index (χ3n) is 3.20. The van der Waals surface area contributed by atoms with Crippen molar-refractivity contribution in [1.82, 2.24) is 4.90 Å². The van der Waals surface area contributed by atoms with Gasteiger partial charge in [-0.3, -0.25) is 4.79 Å². The number of carbonyl (C=O) groups is 1. The van der Waals surface area contributed by atoms with E-state index in [1.54, 1.807) is 12.1 Å². The van der Waals surface area contributed by atoms with Gasteiger partial charge in [0.05, 0.1) is 16.4 Å². The minimum atomic E-state index is -0.520. The largest absolute Gasteiger partial charge is 0.397 e. The Labute approximate surface area is 111 Å². The minimum Gasteiger partial charge on any atom is -0.397 e. The molecule has 6 heteroatoms. The van der Waals surface area contributed by atoms with Crippen molar-refractivity contribution in [3.05, 3.63) is 22.7 Å². The molecule has 1 heterocycles. The average Bonchev–Trinajstić information content (AvgIpc) is 2.30. The molecule has 0 bridgehead atoms. The Hall–Kier alpha value is -1.46. The lowest BCUT2D eigenvalue weighted by Crippen LogP contribution is -2.44. The molecule has 0 radical (unpaired) electrons. The molecule has 18 heavy (non-hydrogen) atoms. The number of rotatable bonds is 2. The van der Waals surface area contributed by atoms with Gasteiger partial charge in [-0.15, -0.1) is 0 Å². The summed E-state index contributed by atoms with van der Waals surface area (Å²) in [5.74, 6) is -0.520. The zero-order chi connectivity index (χ0) is 13.3. The minimum absolute atomic E-state index is 0.343. The second-order valence-electron chi connectivity index (χ2n) is 4.55. The summed E-state index contributed by atoms with van der Waals surface area (Å²) in [5, 5.41) is 0.480. The van der Waals surface area contributed by atoms with Crippen LogP contribution < -0.4 is 16.4 Å². The molecule has 0 aromatic heterocycles. The molecule has 1 aliphatic rings. The highest BCUT2D eigenvalue weighted by Gasteiger charge is 2.20. The van der Waals surface area contributed by atoms with E-state index in [4.69, 9.17) is 23.1 Å². The van der Waals surface area contributed by atoms with Crippen LogP contribution in [0.1, 0.15) is 10.4 Å². The Morgan fingerprint density at radius 2 is 1.89 bits per heavy atom. The van der Waals surface area contributed by atoms with Crippen molar-refractivity contribution in [1.29, 1.82) is 0 Å². The summed E-state index contributed by atoms with van der Waals surface area (Å²) < 4.78 is 0. The zero-order valence-corrected chi connectivity index (χ0v) is 11.1. The third-order valence-corrected chi connectivity index (χ3v) is 3.49. The van der Waals surface area contributed by atoms with Crippen LogP contribution >= 0.6 is 11.6 Å². The molecule has 4 N–H and O–H groups in total. The number of nitrogen functional groups attached to an aromatic ring is 1. The van der Waals surface area contributed by atoms with Crippen LogP contribution in [0.5, 0.6) is 0 Å². The number of nitrogens with zero attached hydrogens (tertiary/aromatic N) is 2. The Morgan fingerprint density at radius 1 is 1.28 bits per heavy atom. The molecule has 0 saturated carbocycles. The molecule has 0 spiro atoms. The second-order valence-corrected chi connectivity index (χ2v) is 4.96. The molecule has 0 atom stereocenters. The SMILES string of the molecule is CN1CCN(c2c(N)cc(C(N)=O)cc2Cl)CC1. The molecule has 5 nitrogen and oxygen atoms in total. The summed E-state index contributed by atoms with van der Waals surface area (Å²) in [5.41, 5.74) is 12.8. The Kier molecular flexibility index (Phi) is 3.63. The number of likely N-dealkylation sites (N-methyl/N-ethyl adjacent to an activating group) is 1. The summed E-state index contributed by atoms with van der Waals surface area (Å²) in [6.45, 7) is 3.67. The van der Waals surface area contributed by atoms with E-state index in [0.29, 0.717) is 16.3 Å². The Bertz CT molecular complexity index is 446. The molecule has 1 fully saturated rings. The molecule has 1 saturated heterocycles. The predicted molar refractivity (Wildman–Crippen MR) is 74.1 cm³/mol. The summed E-state index contributed by atoms with van der Waals surface area (Å²) >= 11 is 6.21. The van der Waals surface area contributed by atoms with Crippen LogP contribution in [-0.4, -0.2) is 44.0 Å². The zero-order valence-electron chi connectivity index (χ0n) is 10.3. The van der Waals surface area contributed by atoms with E-state index in [0.717, 1.165) is 31.9 Å². The molecule has 1 aromatic carbocycles. The van der Waals surface area contributed by atoms with E-state index >= 15 is 0 Å². The number of amides is 1. The van der Waals surface area contributed by atoms with E-state index in [1.165, 1.54) is 0 Å². The predicted octanol–water partition coefficient (Wildman–Crippen LogP) is 0.773. The van der Waals surface area contributed by atoms with Gasteiger partial charge in [0, 0.05) is 31.7 Å². The van der Waals surface area contributed by atoms with Gasteiger partial charge in [0.25, 0.3) is 0 Å². The first-order chi connectivity index (χ1) is 8.49. The second kappa shape index (κ2) is 5.04. The van der Waals surface area contributed by atoms with Crippen LogP contribution in [0.15, 0.2) is 12.1 Å². The third kappa shape index (κ3) is 2.52. The lowest BCUT2D eigenvalue weighted by molar-refractivity contribution is 0.100. The normalized spacial score (nSPS) is 16.9. The number of piperazine rings is 1. The van der Waals surface area contributed by atoms with Gasteiger partial charge in [-0.25, -0.2) is 0 Å². The first-order valence-corrected chi connectivity index (χ1v) is 6.19. The van der Waals surface area contributed by atoms with Gasteiger partial charge in [-0.2, -0.15) is 0 Å². The van der Waals surface area contributed by atoms with Gasteiger partial charge in [-0.1, -0.05) is 11.6 Å². The number of hydrogen-bond donors (Lipinski definition) is 2. The molecular weight excluding hydrogens is 252 g/mol. The molecule has 1 amide bonds. The van der Waals surface area contributed by atoms with Crippen molar-refractivity contribution < 1.29 is 4.79 Å². The summed E-state index contributed by atoms with van der Waals surface area (Å²) in [6.07, 6.45) is 0. The molecule has 0 unspecified atom stereocenters. The van der Waals surface area contributed by atoms with Crippen LogP contribution in [-0.2, 0) is 0 Å². The van der Waals surface area contributed by atoms with Gasteiger partial charge < -0.3 is 21.3 Å². The van der Waals surface area contributed by atoms with Crippen LogP contribution in [0.4, 0.5) is 11.4 Å². The summed E-state index contributed by atoms with van der Waals surface area (Å²) in [6, 6.07) is 3.16. The van der Waals surface area contributed by atoms with Crippen molar-refractivity contribution in [2.75, 3.05) is 43.9 Å². The fraction of sp³-hybridized carbons (Fsp3) is 0.417. The van der Waals surface area contributed by atoms with E-state index < -0.39 is 5.91 Å². The van der Waals surface area contributed by atoms with Crippen LogP contribution in [0.3, 0.4) is 0 Å². The Balaban J connectivity index is 2.31. The number of primary amides is 1. The maximum atomic E-state index is 11.1. The first-order valence-electron chi connectivity index (χ1n) is 5.81. The quantitative estimate of drug-likeness (QED) is 0.777. The molecule has 98 valence electrons. The maximum Gasteiger partial charge on any atom is 0.248 e. The molecule has 1 aromatic rings. The van der Waals surface area contributed by atoms with Crippen molar-refractivity contribution in [2.45, 2.75) is 0 Å². The Morgan fingerprint density at radius 3 is 2.39 bits per heavy atom. The maximum absolute atomic E-state index is 11.1. The average molecular weight is 269 g/mol. The first kappa shape index (κ1) is 13.0. The molecular formula is C12H17ClN4O. The summed E-state index contributed by atoms with van der Waals surface area (Å²) in [7, 11) is 2.08. The molecule has 1 aliphatic heterocycles. The van der Waals surface area contributed by atoms with E-state index in [1.807, 2.05) is 0 Å². The van der Waals surface area contributed by atoms with Crippen LogP contribution in [0.2, 0.25) is 5.02 Å². The molecule has 2 rings (SSSR count). The fourth-order valence-electron chi connectivity index (χ4n) is 2.13. The highest BCUT2D eigenvalue weighted by atomic mass is 35.5. The number of hydrogen-bond acceptors (Lipinski definition) is 4. The van der Waals surface area contributed by atoms with Crippen molar-refractivity contribution in [2.24, 2.45) is 5.73 Å². The fourth-order valence-corrected chi connectivity index (χ4v) is 2.47. The van der Waals surface area contributed by atoms with E-state index in [2.05, 4.69) is 16.8 Å². The highest BCUT2D eigenvalue weighted by molar-refractivity contribution is 6.34. The van der Waals surface area contributed by atoms with Gasteiger partial charge >= 0.3 is 0 Å². The number of nitrogens with two attached hydrogens (primary N) is 2. The van der Waals surface area contributed by atoms with Crippen LogP contribution in [0.25, 0.3) is 0 Å². The van der Waals surface area contributed by atoms with Gasteiger partial charge in [0.2, 0.25) is 5.91 Å². The summed E-state index contributed by atoms with van der Waals surface area (Å²) in [4.78, 5) is 15.5. The van der Waals surface area contributed by atoms with Gasteiger partial charge in [0.1, 0.15) is 0 Å². The van der Waals surface area contributed by atoms with E-state index in [9.17, 15) is 4.79 Å². The van der Waals surface area contributed by atoms with Gasteiger partial charge in [-0.05, 0) is 19.2 Å². The number of carbonyl (C=O) groups excluding carboxylic acids is 1. The monoisotopic (exact) mass is 268 g/mol. The smallest absolute Gasteiger partial charge is 0.248 e. The van der Waals surface area contributed by atoms with Crippen molar-refractivity contribution in [3.63, 3.8) is 0 Å². The highest BCUT2D eigenvalue weighted by Crippen LogP contribution is 2.34. The lowest BCUT2D eigenvalue weighted by Gasteiger charge is -2.35. The van der Waals surface area contributed by atoms with Crippen LogP contribution in [0, 0.1) is 0 Å². The van der Waals surface area contributed by atoms with E-state index in [-0.39, 0.29) is 0 Å². The van der Waals surface area contributed by atoms with Gasteiger partial charge in [0.15, 0.2) is 0 Å². The number of halogens is 1. The topological polar surface area (TPSA) is 75.6 Å².